The molecule has 0 unspecified atom stereocenters. The summed E-state index contributed by atoms with van der Waals surface area (Å²) in [6, 6.07) is 2.29. The van der Waals surface area contributed by atoms with Gasteiger partial charge in [-0.2, -0.15) is 0 Å². The van der Waals surface area contributed by atoms with Crippen molar-refractivity contribution in [2.24, 2.45) is 15.9 Å². The number of nitrogens with two attached hydrogens (primary N) is 1. The van der Waals surface area contributed by atoms with E-state index >= 15 is 0 Å². The van der Waals surface area contributed by atoms with Crippen molar-refractivity contribution in [3.63, 3.8) is 0 Å². The van der Waals surface area contributed by atoms with Crippen LogP contribution in [0.25, 0.3) is 0 Å². The Labute approximate surface area is 192 Å². The third kappa shape index (κ3) is 7.14. The van der Waals surface area contributed by atoms with Gasteiger partial charge >= 0.3 is 5.63 Å². The quantitative estimate of drug-likeness (QED) is 0.211. The molecule has 1 aliphatic rings. The highest BCUT2D eigenvalue weighted by Crippen LogP contribution is 2.30. The topological polar surface area (TPSA) is 129 Å². The van der Waals surface area contributed by atoms with Gasteiger partial charge in [-0.15, -0.1) is 18.2 Å². The van der Waals surface area contributed by atoms with Gasteiger partial charge in [-0.1, -0.05) is 24.4 Å². The molecule has 0 aliphatic carbocycles. The molecule has 1 aromatic heterocycles. The number of hydrogen-bond acceptors (Lipinski definition) is 9. The van der Waals surface area contributed by atoms with Crippen LogP contribution in [0.1, 0.15) is 51.8 Å². The number of terminal acetylenes is 1. The SMILES string of the molecule is C#CCOc1cc([C@@H](CCC)NC(=O)[C@]2(C)CSC(/C(C)=N/OCCCN)=N2)oc(=O)c1. The molecule has 1 aromatic rings. The van der Waals surface area contributed by atoms with E-state index in [1.165, 1.54) is 17.8 Å². The van der Waals surface area contributed by atoms with E-state index in [0.717, 1.165) is 6.42 Å². The van der Waals surface area contributed by atoms with Crippen molar-refractivity contribution in [3.05, 3.63) is 28.3 Å². The molecule has 0 aromatic carbocycles. The van der Waals surface area contributed by atoms with Crippen LogP contribution in [0.4, 0.5) is 0 Å². The lowest BCUT2D eigenvalue weighted by Gasteiger charge is -2.24. The van der Waals surface area contributed by atoms with Gasteiger partial charge in [0.1, 0.15) is 41.0 Å². The Kier molecular flexibility index (Phi) is 9.81. The number of ether oxygens (including phenoxy) is 1. The van der Waals surface area contributed by atoms with Gasteiger partial charge in [-0.05, 0) is 33.2 Å². The number of nitrogens with one attached hydrogen (secondary N) is 1. The predicted octanol–water partition coefficient (Wildman–Crippen LogP) is 2.25. The van der Waals surface area contributed by atoms with Crippen molar-refractivity contribution in [3.8, 4) is 18.1 Å². The lowest BCUT2D eigenvalue weighted by Crippen LogP contribution is -2.45. The summed E-state index contributed by atoms with van der Waals surface area (Å²) in [7, 11) is 0. The number of rotatable bonds is 12. The summed E-state index contributed by atoms with van der Waals surface area (Å²) in [4.78, 5) is 34.9. The molecular formula is C22H30N4O5S. The van der Waals surface area contributed by atoms with Gasteiger partial charge in [-0.3, -0.25) is 9.79 Å². The number of carbonyl (C=O) groups is 1. The van der Waals surface area contributed by atoms with Crippen molar-refractivity contribution >= 4 is 28.4 Å². The molecule has 0 saturated heterocycles. The zero-order valence-electron chi connectivity index (χ0n) is 18.7. The molecule has 174 valence electrons. The molecule has 10 heteroatoms. The first-order valence-corrected chi connectivity index (χ1v) is 11.4. The van der Waals surface area contributed by atoms with Crippen LogP contribution >= 0.6 is 11.8 Å². The van der Waals surface area contributed by atoms with E-state index in [4.69, 9.17) is 26.1 Å². The Morgan fingerprint density at radius 2 is 2.31 bits per heavy atom. The molecule has 1 amide bonds. The minimum Gasteiger partial charge on any atom is -0.481 e. The van der Waals surface area contributed by atoms with Crippen LogP contribution in [0.3, 0.4) is 0 Å². The van der Waals surface area contributed by atoms with Gasteiger partial charge < -0.3 is 25.0 Å². The zero-order valence-corrected chi connectivity index (χ0v) is 19.5. The van der Waals surface area contributed by atoms with Crippen molar-refractivity contribution < 1.29 is 18.8 Å². The summed E-state index contributed by atoms with van der Waals surface area (Å²) in [6.07, 6.45) is 7.25. The van der Waals surface area contributed by atoms with Crippen LogP contribution in [0, 0.1) is 12.3 Å². The fourth-order valence-electron chi connectivity index (χ4n) is 2.87. The maximum Gasteiger partial charge on any atom is 0.339 e. The fraction of sp³-hybridized carbons (Fsp3) is 0.545. The number of amides is 1. The molecule has 32 heavy (non-hydrogen) atoms. The molecule has 0 spiro atoms. The normalized spacial score (nSPS) is 19.1. The Bertz CT molecular complexity index is 952. The number of oxime groups is 1. The van der Waals surface area contributed by atoms with Crippen molar-refractivity contribution in [2.45, 2.75) is 51.6 Å². The second kappa shape index (κ2) is 12.3. The molecule has 0 radical (unpaired) electrons. The second-order valence-corrected chi connectivity index (χ2v) is 8.42. The number of thioether (sulfide) groups is 1. The van der Waals surface area contributed by atoms with Gasteiger partial charge in [-0.25, -0.2) is 4.79 Å². The van der Waals surface area contributed by atoms with Gasteiger partial charge in [0.05, 0.1) is 12.1 Å². The maximum absolute atomic E-state index is 13.1. The monoisotopic (exact) mass is 462 g/mol. The Balaban J connectivity index is 2.16. The van der Waals surface area contributed by atoms with Crippen LogP contribution in [0.15, 0.2) is 31.5 Å². The standard InChI is InChI=1S/C22H30N4O5S/c1-5-8-17(18-12-16(29-10-6-2)13-19(27)31-18)24-21(28)22(4)14-32-20(25-22)15(3)26-30-11-7-9-23/h2,12-13,17H,5,7-11,14,23H2,1,3-4H3,(H,24,28)/b26-15+/t17-,22+/m1/s1. The first-order chi connectivity index (χ1) is 15.3. The minimum absolute atomic E-state index is 0.0251. The van der Waals surface area contributed by atoms with Gasteiger partial charge in [0.25, 0.3) is 0 Å². The molecular weight excluding hydrogens is 432 g/mol. The molecule has 2 heterocycles. The van der Waals surface area contributed by atoms with Crippen LogP contribution in [-0.2, 0) is 9.63 Å². The van der Waals surface area contributed by atoms with Crippen molar-refractivity contribution in [1.29, 1.82) is 0 Å². The molecule has 1 aliphatic heterocycles. The molecule has 3 N–H and O–H groups in total. The minimum atomic E-state index is -0.988. The lowest BCUT2D eigenvalue weighted by atomic mass is 10.0. The first kappa shape index (κ1) is 25.5. The molecule has 2 rings (SSSR count). The fourth-order valence-corrected chi connectivity index (χ4v) is 4.00. The molecule has 0 bridgehead atoms. The molecule has 0 saturated carbocycles. The largest absolute Gasteiger partial charge is 0.481 e. The highest BCUT2D eigenvalue weighted by atomic mass is 32.2. The lowest BCUT2D eigenvalue weighted by molar-refractivity contribution is -0.125. The summed E-state index contributed by atoms with van der Waals surface area (Å²) >= 11 is 1.44. The van der Waals surface area contributed by atoms with E-state index in [1.807, 2.05) is 6.92 Å². The molecule has 9 nitrogen and oxygen atoms in total. The van der Waals surface area contributed by atoms with Crippen LogP contribution in [0.2, 0.25) is 0 Å². The van der Waals surface area contributed by atoms with Crippen molar-refractivity contribution in [2.75, 3.05) is 25.5 Å². The Hall–Kier alpha value is -2.77. The van der Waals surface area contributed by atoms with Crippen LogP contribution in [0.5, 0.6) is 5.75 Å². The smallest absolute Gasteiger partial charge is 0.339 e. The highest BCUT2D eigenvalue weighted by Gasteiger charge is 2.40. The number of hydrogen-bond donors (Lipinski definition) is 2. The summed E-state index contributed by atoms with van der Waals surface area (Å²) < 4.78 is 10.7. The maximum atomic E-state index is 13.1. The van der Waals surface area contributed by atoms with E-state index in [0.29, 0.717) is 54.0 Å². The van der Waals surface area contributed by atoms with Gasteiger partial charge in [0, 0.05) is 11.8 Å². The van der Waals surface area contributed by atoms with E-state index in [-0.39, 0.29) is 12.5 Å². The van der Waals surface area contributed by atoms with Crippen molar-refractivity contribution in [1.82, 2.24) is 5.32 Å². The second-order valence-electron chi connectivity index (χ2n) is 7.45. The van der Waals surface area contributed by atoms with E-state index < -0.39 is 17.2 Å². The van der Waals surface area contributed by atoms with Crippen LogP contribution in [-0.4, -0.2) is 47.7 Å². The van der Waals surface area contributed by atoms with Gasteiger partial charge in [0.2, 0.25) is 5.91 Å². The number of aliphatic imine (C=N–C) groups is 1. The van der Waals surface area contributed by atoms with E-state index in [9.17, 15) is 9.59 Å². The third-order valence-electron chi connectivity index (χ3n) is 4.59. The van der Waals surface area contributed by atoms with E-state index in [2.05, 4.69) is 21.4 Å². The summed E-state index contributed by atoms with van der Waals surface area (Å²) in [6.45, 7) is 6.50. The van der Waals surface area contributed by atoms with E-state index in [1.54, 1.807) is 19.9 Å². The number of nitrogens with zero attached hydrogens (tertiary/aromatic N) is 2. The van der Waals surface area contributed by atoms with Gasteiger partial charge in [0.15, 0.2) is 0 Å². The predicted molar refractivity (Wildman–Crippen MR) is 126 cm³/mol. The first-order valence-electron chi connectivity index (χ1n) is 10.4. The van der Waals surface area contributed by atoms with Crippen LogP contribution < -0.4 is 21.4 Å². The average Bonchev–Trinajstić information content (AvgIpc) is 3.18. The Morgan fingerprint density at radius 3 is 3.00 bits per heavy atom. The average molecular weight is 463 g/mol. The summed E-state index contributed by atoms with van der Waals surface area (Å²) in [5, 5.41) is 7.68. The summed E-state index contributed by atoms with van der Waals surface area (Å²) in [5.41, 5.74) is 4.48. The Morgan fingerprint density at radius 1 is 1.53 bits per heavy atom. The number of carbonyl (C=O) groups excluding carboxylic acids is 1. The third-order valence-corrected chi connectivity index (χ3v) is 5.96. The zero-order chi connectivity index (χ0) is 23.6. The molecule has 2 atom stereocenters. The highest BCUT2D eigenvalue weighted by molar-refractivity contribution is 8.16. The molecule has 0 fully saturated rings. The summed E-state index contributed by atoms with van der Waals surface area (Å²) in [5.74, 6) is 3.15.